The highest BCUT2D eigenvalue weighted by atomic mass is 79.9. The standard InChI is InChI=1S/C15H21BrN4O/c1-10-5-4-6-12(11(10)2)14(19-17)15-13(16)9-18-20(15)7-8-21-3/h4-6,9,14,19H,7-8,17H2,1-3H3. The quantitative estimate of drug-likeness (QED) is 0.619. The summed E-state index contributed by atoms with van der Waals surface area (Å²) >= 11 is 3.57. The smallest absolute Gasteiger partial charge is 0.0892 e. The molecule has 0 radical (unpaired) electrons. The topological polar surface area (TPSA) is 65.1 Å². The number of hydrogen-bond acceptors (Lipinski definition) is 4. The molecule has 21 heavy (non-hydrogen) atoms. The van der Waals surface area contributed by atoms with Gasteiger partial charge in [0.1, 0.15) is 0 Å². The molecule has 0 saturated heterocycles. The lowest BCUT2D eigenvalue weighted by Gasteiger charge is -2.21. The molecular formula is C15H21BrN4O. The molecule has 114 valence electrons. The van der Waals surface area contributed by atoms with Crippen molar-refractivity contribution in [1.82, 2.24) is 15.2 Å². The van der Waals surface area contributed by atoms with E-state index in [1.54, 1.807) is 13.3 Å². The number of aromatic nitrogens is 2. The molecule has 0 aliphatic carbocycles. The van der Waals surface area contributed by atoms with Crippen molar-refractivity contribution >= 4 is 15.9 Å². The number of nitrogens with zero attached hydrogens (tertiary/aromatic N) is 2. The van der Waals surface area contributed by atoms with Gasteiger partial charge in [0.15, 0.2) is 0 Å². The van der Waals surface area contributed by atoms with Crippen molar-refractivity contribution < 1.29 is 4.74 Å². The summed E-state index contributed by atoms with van der Waals surface area (Å²) in [6, 6.07) is 6.11. The van der Waals surface area contributed by atoms with Gasteiger partial charge in [-0.05, 0) is 46.5 Å². The molecule has 0 bridgehead atoms. The van der Waals surface area contributed by atoms with Crippen molar-refractivity contribution in [3.63, 3.8) is 0 Å². The zero-order valence-corrected chi connectivity index (χ0v) is 14.1. The Bertz CT molecular complexity index is 612. The van der Waals surface area contributed by atoms with E-state index < -0.39 is 0 Å². The molecule has 6 heteroatoms. The molecule has 0 aliphatic rings. The van der Waals surface area contributed by atoms with Crippen molar-refractivity contribution in [2.24, 2.45) is 5.84 Å². The van der Waals surface area contributed by atoms with E-state index in [2.05, 4.69) is 52.4 Å². The molecule has 0 amide bonds. The lowest BCUT2D eigenvalue weighted by molar-refractivity contribution is 0.182. The van der Waals surface area contributed by atoms with Gasteiger partial charge < -0.3 is 4.74 Å². The predicted octanol–water partition coefficient (Wildman–Crippen LogP) is 2.46. The Kier molecular flexibility index (Phi) is 5.52. The maximum Gasteiger partial charge on any atom is 0.0892 e. The second-order valence-corrected chi connectivity index (χ2v) is 5.84. The van der Waals surface area contributed by atoms with Gasteiger partial charge in [0, 0.05) is 7.11 Å². The second-order valence-electron chi connectivity index (χ2n) is 4.98. The van der Waals surface area contributed by atoms with Gasteiger partial charge in [0.2, 0.25) is 0 Å². The van der Waals surface area contributed by atoms with E-state index in [0.717, 1.165) is 15.7 Å². The summed E-state index contributed by atoms with van der Waals surface area (Å²) in [6.45, 7) is 5.49. The summed E-state index contributed by atoms with van der Waals surface area (Å²) in [4.78, 5) is 0. The van der Waals surface area contributed by atoms with Crippen LogP contribution in [0.3, 0.4) is 0 Å². The Morgan fingerprint density at radius 3 is 2.86 bits per heavy atom. The minimum atomic E-state index is -0.126. The number of rotatable bonds is 6. The zero-order chi connectivity index (χ0) is 15.4. The average molecular weight is 353 g/mol. The fourth-order valence-electron chi connectivity index (χ4n) is 2.42. The third-order valence-electron chi connectivity index (χ3n) is 3.74. The lowest BCUT2D eigenvalue weighted by atomic mass is 9.96. The van der Waals surface area contributed by atoms with E-state index in [1.807, 2.05) is 10.7 Å². The van der Waals surface area contributed by atoms with Crippen LogP contribution >= 0.6 is 15.9 Å². The summed E-state index contributed by atoms with van der Waals surface area (Å²) in [6.07, 6.45) is 1.79. The van der Waals surface area contributed by atoms with Gasteiger partial charge in [-0.25, -0.2) is 5.43 Å². The Morgan fingerprint density at radius 2 is 2.19 bits per heavy atom. The largest absolute Gasteiger partial charge is 0.383 e. The predicted molar refractivity (Wildman–Crippen MR) is 86.9 cm³/mol. The van der Waals surface area contributed by atoms with Crippen molar-refractivity contribution in [3.05, 3.63) is 51.3 Å². The van der Waals surface area contributed by atoms with Gasteiger partial charge >= 0.3 is 0 Å². The molecule has 1 aromatic heterocycles. The number of hydrazine groups is 1. The van der Waals surface area contributed by atoms with Gasteiger partial charge in [0.25, 0.3) is 0 Å². The van der Waals surface area contributed by atoms with Gasteiger partial charge in [-0.1, -0.05) is 18.2 Å². The van der Waals surface area contributed by atoms with Gasteiger partial charge in [-0.2, -0.15) is 5.10 Å². The van der Waals surface area contributed by atoms with Crippen LogP contribution in [0.5, 0.6) is 0 Å². The molecule has 0 fully saturated rings. The van der Waals surface area contributed by atoms with Crippen LogP contribution in [0.15, 0.2) is 28.9 Å². The first-order chi connectivity index (χ1) is 10.1. The van der Waals surface area contributed by atoms with Crippen LogP contribution in [0.25, 0.3) is 0 Å². The Morgan fingerprint density at radius 1 is 1.43 bits per heavy atom. The molecule has 0 spiro atoms. The van der Waals surface area contributed by atoms with Crippen molar-refractivity contribution in [2.75, 3.05) is 13.7 Å². The van der Waals surface area contributed by atoms with Crippen LogP contribution in [-0.2, 0) is 11.3 Å². The first kappa shape index (κ1) is 16.2. The maximum atomic E-state index is 5.84. The third kappa shape index (κ3) is 3.35. The van der Waals surface area contributed by atoms with Crippen molar-refractivity contribution in [1.29, 1.82) is 0 Å². The Hall–Kier alpha value is -1.21. The average Bonchev–Trinajstić information content (AvgIpc) is 2.83. The summed E-state index contributed by atoms with van der Waals surface area (Å²) in [7, 11) is 1.68. The highest BCUT2D eigenvalue weighted by Crippen LogP contribution is 2.30. The lowest BCUT2D eigenvalue weighted by Crippen LogP contribution is -2.32. The van der Waals surface area contributed by atoms with Gasteiger partial charge in [0.05, 0.1) is 35.6 Å². The number of benzene rings is 1. The maximum absolute atomic E-state index is 5.84. The van der Waals surface area contributed by atoms with E-state index in [9.17, 15) is 0 Å². The highest BCUT2D eigenvalue weighted by Gasteiger charge is 2.22. The highest BCUT2D eigenvalue weighted by molar-refractivity contribution is 9.10. The molecule has 0 saturated carbocycles. The number of nitrogens with two attached hydrogens (primary N) is 1. The van der Waals surface area contributed by atoms with Crippen LogP contribution in [0.4, 0.5) is 0 Å². The summed E-state index contributed by atoms with van der Waals surface area (Å²) in [5.41, 5.74) is 7.54. The van der Waals surface area contributed by atoms with Crippen molar-refractivity contribution in [2.45, 2.75) is 26.4 Å². The molecular weight excluding hydrogens is 332 g/mol. The van der Waals surface area contributed by atoms with Crippen LogP contribution in [0.2, 0.25) is 0 Å². The molecule has 2 aromatic rings. The molecule has 1 aromatic carbocycles. The number of nitrogens with one attached hydrogen (secondary N) is 1. The Labute approximate surface area is 133 Å². The van der Waals surface area contributed by atoms with Crippen LogP contribution in [-0.4, -0.2) is 23.5 Å². The molecule has 1 heterocycles. The van der Waals surface area contributed by atoms with E-state index in [0.29, 0.717) is 13.2 Å². The molecule has 1 unspecified atom stereocenters. The Balaban J connectivity index is 2.46. The van der Waals surface area contributed by atoms with Crippen LogP contribution in [0.1, 0.15) is 28.4 Å². The SMILES string of the molecule is COCCn1ncc(Br)c1C(NN)c1cccc(C)c1C. The zero-order valence-electron chi connectivity index (χ0n) is 12.6. The van der Waals surface area contributed by atoms with Crippen LogP contribution in [0, 0.1) is 13.8 Å². The van der Waals surface area contributed by atoms with E-state index >= 15 is 0 Å². The third-order valence-corrected chi connectivity index (χ3v) is 4.35. The number of methoxy groups -OCH3 is 1. The summed E-state index contributed by atoms with van der Waals surface area (Å²) in [5.74, 6) is 5.84. The van der Waals surface area contributed by atoms with Gasteiger partial charge in [-0.3, -0.25) is 10.5 Å². The summed E-state index contributed by atoms with van der Waals surface area (Å²) in [5, 5.41) is 4.39. The molecule has 5 nitrogen and oxygen atoms in total. The molecule has 1 atom stereocenters. The van der Waals surface area contributed by atoms with E-state index in [-0.39, 0.29) is 6.04 Å². The van der Waals surface area contributed by atoms with Crippen LogP contribution < -0.4 is 11.3 Å². The molecule has 3 N–H and O–H groups in total. The minimum Gasteiger partial charge on any atom is -0.383 e. The number of ether oxygens (including phenoxy) is 1. The normalized spacial score (nSPS) is 12.6. The second kappa shape index (κ2) is 7.17. The molecule has 0 aliphatic heterocycles. The molecule has 2 rings (SSSR count). The van der Waals surface area contributed by atoms with Crippen molar-refractivity contribution in [3.8, 4) is 0 Å². The monoisotopic (exact) mass is 352 g/mol. The first-order valence-corrected chi connectivity index (χ1v) is 7.61. The van der Waals surface area contributed by atoms with Gasteiger partial charge in [-0.15, -0.1) is 0 Å². The number of halogens is 1. The number of aryl methyl sites for hydroxylation is 1. The minimum absolute atomic E-state index is 0.126. The van der Waals surface area contributed by atoms with E-state index in [4.69, 9.17) is 10.6 Å². The summed E-state index contributed by atoms with van der Waals surface area (Å²) < 4.78 is 7.99. The fourth-order valence-corrected chi connectivity index (χ4v) is 2.94. The number of hydrogen-bond donors (Lipinski definition) is 2. The first-order valence-electron chi connectivity index (χ1n) is 6.82. The van der Waals surface area contributed by atoms with E-state index in [1.165, 1.54) is 11.1 Å². The fraction of sp³-hybridized carbons (Fsp3) is 0.400.